The lowest BCUT2D eigenvalue weighted by atomic mass is 9.85. The first kappa shape index (κ1) is 21.5. The van der Waals surface area contributed by atoms with E-state index in [0.29, 0.717) is 29.1 Å². The summed E-state index contributed by atoms with van der Waals surface area (Å²) >= 11 is 6.40. The number of halogens is 1. The second kappa shape index (κ2) is 8.63. The van der Waals surface area contributed by atoms with Crippen LogP contribution < -0.4 is 19.5 Å². The number of pyridine rings is 1. The molecule has 2 aromatic heterocycles. The van der Waals surface area contributed by atoms with Crippen molar-refractivity contribution < 1.29 is 14.2 Å². The summed E-state index contributed by atoms with van der Waals surface area (Å²) in [5.74, 6) is 2.67. The Hall–Kier alpha value is -4.04. The lowest BCUT2D eigenvalue weighted by Crippen LogP contribution is -2.32. The van der Waals surface area contributed by atoms with Crippen molar-refractivity contribution in [3.8, 4) is 17.2 Å². The summed E-state index contributed by atoms with van der Waals surface area (Å²) in [7, 11) is 1.63. The SMILES string of the molecule is CCOc1ccc(C2Oc3ccc(Cl)cc3C3=C2C(c2cccnc2)n2ncnc2N3)cc1OC. The van der Waals surface area contributed by atoms with Crippen LogP contribution in [0.4, 0.5) is 5.95 Å². The number of rotatable bonds is 5. The number of benzene rings is 2. The fourth-order valence-electron chi connectivity index (χ4n) is 4.70. The van der Waals surface area contributed by atoms with E-state index in [9.17, 15) is 0 Å². The van der Waals surface area contributed by atoms with Gasteiger partial charge in [-0.1, -0.05) is 23.7 Å². The quantitative estimate of drug-likeness (QED) is 0.409. The van der Waals surface area contributed by atoms with Crippen molar-refractivity contribution in [3.63, 3.8) is 0 Å². The topological polar surface area (TPSA) is 83.3 Å². The van der Waals surface area contributed by atoms with E-state index in [4.69, 9.17) is 25.8 Å². The molecule has 4 heterocycles. The zero-order valence-corrected chi connectivity index (χ0v) is 19.9. The second-order valence-electron chi connectivity index (χ2n) is 8.15. The molecule has 8 nitrogen and oxygen atoms in total. The first-order chi connectivity index (χ1) is 17.2. The molecule has 35 heavy (non-hydrogen) atoms. The number of nitrogens with one attached hydrogen (secondary N) is 1. The van der Waals surface area contributed by atoms with Gasteiger partial charge in [0.15, 0.2) is 11.5 Å². The minimum absolute atomic E-state index is 0.299. The molecule has 4 aromatic rings. The molecule has 2 aliphatic rings. The number of anilines is 1. The second-order valence-corrected chi connectivity index (χ2v) is 8.59. The minimum atomic E-state index is -0.446. The maximum atomic E-state index is 6.65. The smallest absolute Gasteiger partial charge is 0.226 e. The maximum Gasteiger partial charge on any atom is 0.226 e. The van der Waals surface area contributed by atoms with Crippen LogP contribution in [-0.2, 0) is 0 Å². The average Bonchev–Trinajstić information content (AvgIpc) is 3.36. The molecule has 0 spiro atoms. The van der Waals surface area contributed by atoms with E-state index in [1.165, 1.54) is 0 Å². The van der Waals surface area contributed by atoms with Crippen LogP contribution in [0, 0.1) is 0 Å². The van der Waals surface area contributed by atoms with Gasteiger partial charge in [0.2, 0.25) is 5.95 Å². The van der Waals surface area contributed by atoms with Crippen LogP contribution in [0.15, 0.2) is 72.8 Å². The number of aromatic nitrogens is 4. The van der Waals surface area contributed by atoms with Gasteiger partial charge in [-0.05, 0) is 48.9 Å². The molecule has 1 N–H and O–H groups in total. The summed E-state index contributed by atoms with van der Waals surface area (Å²) in [5, 5.41) is 8.63. The molecule has 0 amide bonds. The summed E-state index contributed by atoms with van der Waals surface area (Å²) in [6, 6.07) is 15.1. The van der Waals surface area contributed by atoms with Gasteiger partial charge in [-0.2, -0.15) is 10.1 Å². The first-order valence-electron chi connectivity index (χ1n) is 11.3. The Balaban J connectivity index is 1.59. The van der Waals surface area contributed by atoms with E-state index in [2.05, 4.69) is 20.4 Å². The highest BCUT2D eigenvalue weighted by Gasteiger charge is 2.41. The number of hydrogen-bond donors (Lipinski definition) is 1. The van der Waals surface area contributed by atoms with E-state index in [1.54, 1.807) is 19.6 Å². The highest BCUT2D eigenvalue weighted by molar-refractivity contribution is 6.30. The van der Waals surface area contributed by atoms with Crippen molar-refractivity contribution in [2.24, 2.45) is 0 Å². The minimum Gasteiger partial charge on any atom is -0.493 e. The number of fused-ring (bicyclic) bond motifs is 3. The molecule has 2 atom stereocenters. The normalized spacial score (nSPS) is 18.0. The molecule has 0 fully saturated rings. The Kier molecular flexibility index (Phi) is 5.30. The summed E-state index contributed by atoms with van der Waals surface area (Å²) in [6.45, 7) is 2.49. The maximum absolute atomic E-state index is 6.65. The molecular weight excluding hydrogens is 466 g/mol. The van der Waals surface area contributed by atoms with E-state index in [0.717, 1.165) is 33.7 Å². The molecule has 2 unspecified atom stereocenters. The fraction of sp³-hybridized carbons (Fsp3) is 0.192. The number of nitrogens with zero attached hydrogens (tertiary/aromatic N) is 4. The van der Waals surface area contributed by atoms with E-state index in [-0.39, 0.29) is 6.04 Å². The third-order valence-electron chi connectivity index (χ3n) is 6.17. The van der Waals surface area contributed by atoms with Crippen LogP contribution in [-0.4, -0.2) is 33.5 Å². The monoisotopic (exact) mass is 487 g/mol. The van der Waals surface area contributed by atoms with Crippen LogP contribution in [0.3, 0.4) is 0 Å². The van der Waals surface area contributed by atoms with Gasteiger partial charge in [-0.15, -0.1) is 0 Å². The molecule has 0 aliphatic carbocycles. The van der Waals surface area contributed by atoms with Gasteiger partial charge in [0.1, 0.15) is 24.2 Å². The zero-order chi connectivity index (χ0) is 23.9. The molecule has 0 saturated carbocycles. The van der Waals surface area contributed by atoms with Gasteiger partial charge in [0, 0.05) is 34.1 Å². The summed E-state index contributed by atoms with van der Waals surface area (Å²) in [5.41, 5.74) is 4.60. The molecule has 6 rings (SSSR count). The Morgan fingerprint density at radius 2 is 2.03 bits per heavy atom. The Morgan fingerprint density at radius 3 is 2.83 bits per heavy atom. The van der Waals surface area contributed by atoms with Crippen molar-refractivity contribution in [2.75, 3.05) is 19.0 Å². The Labute approximate surface area is 207 Å². The van der Waals surface area contributed by atoms with Gasteiger partial charge in [0.05, 0.1) is 19.4 Å². The summed E-state index contributed by atoms with van der Waals surface area (Å²) in [4.78, 5) is 8.82. The highest BCUT2D eigenvalue weighted by atomic mass is 35.5. The van der Waals surface area contributed by atoms with E-state index >= 15 is 0 Å². The van der Waals surface area contributed by atoms with Crippen molar-refractivity contribution in [3.05, 3.63) is 94.5 Å². The van der Waals surface area contributed by atoms with Crippen molar-refractivity contribution in [2.45, 2.75) is 19.1 Å². The number of hydrogen-bond acceptors (Lipinski definition) is 7. The lowest BCUT2D eigenvalue weighted by molar-refractivity contribution is 0.222. The third kappa shape index (κ3) is 3.57. The van der Waals surface area contributed by atoms with Crippen LogP contribution in [0.1, 0.15) is 35.8 Å². The van der Waals surface area contributed by atoms with Crippen molar-refractivity contribution in [1.82, 2.24) is 19.7 Å². The number of ether oxygens (including phenoxy) is 3. The first-order valence-corrected chi connectivity index (χ1v) is 11.6. The predicted molar refractivity (Wildman–Crippen MR) is 132 cm³/mol. The molecule has 0 saturated heterocycles. The van der Waals surface area contributed by atoms with Gasteiger partial charge >= 0.3 is 0 Å². The molecule has 2 aromatic carbocycles. The van der Waals surface area contributed by atoms with Gasteiger partial charge in [0.25, 0.3) is 0 Å². The van der Waals surface area contributed by atoms with E-state index < -0.39 is 6.10 Å². The average molecular weight is 488 g/mol. The highest BCUT2D eigenvalue weighted by Crippen LogP contribution is 2.51. The standard InChI is InChI=1S/C26H22ClN5O3/c1-3-34-20-8-6-15(11-21(20)33-2)25-22-23(18-12-17(27)7-9-19(18)35-25)31-26-29-14-30-32(26)24(22)16-5-4-10-28-13-16/h4-14,24-25H,3H2,1-2H3,(H,29,30,31). The van der Waals surface area contributed by atoms with Crippen molar-refractivity contribution in [1.29, 1.82) is 0 Å². The molecule has 0 radical (unpaired) electrons. The Bertz CT molecular complexity index is 1440. The molecule has 2 aliphatic heterocycles. The van der Waals surface area contributed by atoms with Crippen molar-refractivity contribution >= 4 is 23.2 Å². The molecule has 176 valence electrons. The predicted octanol–water partition coefficient (Wildman–Crippen LogP) is 5.29. The molecular formula is C26H22ClN5O3. The fourth-order valence-corrected chi connectivity index (χ4v) is 4.87. The Morgan fingerprint density at radius 1 is 1.11 bits per heavy atom. The number of methoxy groups -OCH3 is 1. The van der Waals surface area contributed by atoms with Gasteiger partial charge in [-0.25, -0.2) is 4.68 Å². The molecule has 9 heteroatoms. The summed E-state index contributed by atoms with van der Waals surface area (Å²) < 4.78 is 19.9. The van der Waals surface area contributed by atoms with Crippen LogP contribution in [0.2, 0.25) is 5.02 Å². The molecule has 0 bridgehead atoms. The lowest BCUT2D eigenvalue weighted by Gasteiger charge is -2.39. The zero-order valence-electron chi connectivity index (χ0n) is 19.1. The van der Waals surface area contributed by atoms with Crippen LogP contribution in [0.25, 0.3) is 5.70 Å². The van der Waals surface area contributed by atoms with E-state index in [1.807, 2.05) is 66.3 Å². The van der Waals surface area contributed by atoms with Crippen LogP contribution >= 0.6 is 11.6 Å². The van der Waals surface area contributed by atoms with Gasteiger partial charge < -0.3 is 19.5 Å². The van der Waals surface area contributed by atoms with Crippen LogP contribution in [0.5, 0.6) is 17.2 Å². The summed E-state index contributed by atoms with van der Waals surface area (Å²) in [6.07, 6.45) is 4.69. The van der Waals surface area contributed by atoms with Gasteiger partial charge in [-0.3, -0.25) is 4.98 Å². The largest absolute Gasteiger partial charge is 0.493 e. The third-order valence-corrected chi connectivity index (χ3v) is 6.40.